The zero-order chi connectivity index (χ0) is 20.9. The van der Waals surface area contributed by atoms with Gasteiger partial charge < -0.3 is 20.8 Å². The number of halogens is 1. The summed E-state index contributed by atoms with van der Waals surface area (Å²) >= 11 is 8.15. The summed E-state index contributed by atoms with van der Waals surface area (Å²) in [6.07, 6.45) is 2.97. The minimum absolute atomic E-state index is 0.104. The van der Waals surface area contributed by atoms with Crippen molar-refractivity contribution in [1.29, 1.82) is 0 Å². The molecule has 0 saturated heterocycles. The highest BCUT2D eigenvalue weighted by Gasteiger charge is 2.15. The van der Waals surface area contributed by atoms with E-state index >= 15 is 0 Å². The van der Waals surface area contributed by atoms with Crippen molar-refractivity contribution >= 4 is 41.2 Å². The molecule has 0 aromatic heterocycles. The molecule has 0 unspecified atom stereocenters. The van der Waals surface area contributed by atoms with Crippen molar-refractivity contribution in [2.24, 2.45) is 0 Å². The molecule has 7 nitrogen and oxygen atoms in total. The quantitative estimate of drug-likeness (QED) is 0.370. The minimum Gasteiger partial charge on any atom is -0.481 e. The van der Waals surface area contributed by atoms with Crippen LogP contribution in [-0.4, -0.2) is 53.9 Å². The molecule has 0 bridgehead atoms. The second-order valence-corrected chi connectivity index (χ2v) is 7.69. The highest BCUT2D eigenvalue weighted by molar-refractivity contribution is 7.99. The smallest absolute Gasteiger partial charge is 0.303 e. The van der Waals surface area contributed by atoms with Crippen molar-refractivity contribution in [3.63, 3.8) is 0 Å². The number of fused-ring (bicyclic) bond motifs is 1. The highest BCUT2D eigenvalue weighted by Crippen LogP contribution is 2.34. The van der Waals surface area contributed by atoms with Gasteiger partial charge in [-0.15, -0.1) is 11.8 Å². The maximum absolute atomic E-state index is 11.2. The van der Waals surface area contributed by atoms with Gasteiger partial charge in [0.2, 0.25) is 5.91 Å². The van der Waals surface area contributed by atoms with Crippen LogP contribution in [0.4, 0.5) is 0 Å². The number of hydrogen-bond acceptors (Lipinski definition) is 5. The van der Waals surface area contributed by atoms with Crippen LogP contribution < -0.4 is 10.6 Å². The van der Waals surface area contributed by atoms with E-state index in [2.05, 4.69) is 16.7 Å². The van der Waals surface area contributed by atoms with Crippen molar-refractivity contribution in [3.05, 3.63) is 28.3 Å². The predicted molar refractivity (Wildman–Crippen MR) is 110 cm³/mol. The molecule has 2 rings (SSSR count). The van der Waals surface area contributed by atoms with Gasteiger partial charge in [0, 0.05) is 18.4 Å². The summed E-state index contributed by atoms with van der Waals surface area (Å²) in [5.41, 5.74) is 2.81. The number of benzene rings is 1. The van der Waals surface area contributed by atoms with Crippen LogP contribution in [0.5, 0.6) is 0 Å². The maximum atomic E-state index is 11.2. The number of carboxylic acid groups (broad SMARTS) is 2. The Hall–Kier alpha value is -1.77. The summed E-state index contributed by atoms with van der Waals surface area (Å²) in [6.45, 7) is 2.05. The Morgan fingerprint density at radius 3 is 2.36 bits per heavy atom. The molecule has 1 aromatic carbocycles. The van der Waals surface area contributed by atoms with Crippen molar-refractivity contribution in [1.82, 2.24) is 10.6 Å². The van der Waals surface area contributed by atoms with E-state index < -0.39 is 11.9 Å². The molecule has 0 aliphatic carbocycles. The Morgan fingerprint density at radius 1 is 1.11 bits per heavy atom. The van der Waals surface area contributed by atoms with Crippen molar-refractivity contribution in [2.45, 2.75) is 43.4 Å². The number of carbonyl (C=O) groups is 3. The fourth-order valence-corrected chi connectivity index (χ4v) is 4.06. The Balaban J connectivity index is 0.000000416. The average Bonchev–Trinajstić information content (AvgIpc) is 2.90. The normalized spacial score (nSPS) is 12.8. The van der Waals surface area contributed by atoms with Crippen LogP contribution in [0, 0.1) is 0 Å². The minimum atomic E-state index is -1.08. The third-order valence-corrected chi connectivity index (χ3v) is 5.73. The summed E-state index contributed by atoms with van der Waals surface area (Å²) in [5, 5.41) is 22.7. The maximum Gasteiger partial charge on any atom is 0.303 e. The van der Waals surface area contributed by atoms with Crippen LogP contribution in [0.15, 0.2) is 17.0 Å². The Bertz CT molecular complexity index is 671. The molecule has 0 atom stereocenters. The highest BCUT2D eigenvalue weighted by atomic mass is 35.5. The lowest BCUT2D eigenvalue weighted by molar-refractivity contribution is -0.143. The second-order valence-electron chi connectivity index (χ2n) is 6.18. The fraction of sp³-hybridized carbons (Fsp3) is 0.526. The van der Waals surface area contributed by atoms with Gasteiger partial charge in [0.15, 0.2) is 0 Å². The van der Waals surface area contributed by atoms with Crippen molar-refractivity contribution in [2.75, 3.05) is 25.9 Å². The number of nitrogens with one attached hydrogen (secondary N) is 2. The number of aliphatic carboxylic acids is 2. The standard InChI is InChI=1S/C15H21ClN2OS.C4H6O4/c1-17-14(19)3-2-10-20-15-12-7-9-18-8-6-11(12)4-5-13(15)16;5-3(6)1-2-4(7)8/h4-5,18H,2-3,6-10H2,1H3,(H,17,19);1-2H2,(H,5,6)(H,7,8). The van der Waals surface area contributed by atoms with Crippen LogP contribution in [-0.2, 0) is 27.2 Å². The van der Waals surface area contributed by atoms with Gasteiger partial charge in [-0.25, -0.2) is 0 Å². The first-order valence-corrected chi connectivity index (χ1v) is 10.5. The molecule has 1 heterocycles. The molecule has 28 heavy (non-hydrogen) atoms. The summed E-state index contributed by atoms with van der Waals surface area (Å²) in [4.78, 5) is 31.7. The van der Waals surface area contributed by atoms with Gasteiger partial charge in [0.25, 0.3) is 0 Å². The van der Waals surface area contributed by atoms with Gasteiger partial charge in [-0.1, -0.05) is 17.7 Å². The molecule has 1 amide bonds. The molecular weight excluding hydrogens is 404 g/mol. The Kier molecular flexibility index (Phi) is 11.6. The summed E-state index contributed by atoms with van der Waals surface area (Å²) in [6, 6.07) is 4.16. The largest absolute Gasteiger partial charge is 0.481 e. The van der Waals surface area contributed by atoms with Gasteiger partial charge in [-0.2, -0.15) is 0 Å². The average molecular weight is 431 g/mol. The molecule has 0 fully saturated rings. The first-order valence-electron chi connectivity index (χ1n) is 9.13. The number of carboxylic acids is 2. The van der Waals surface area contributed by atoms with Crippen LogP contribution in [0.2, 0.25) is 5.02 Å². The fourth-order valence-electron chi connectivity index (χ4n) is 2.61. The number of hydrogen-bond donors (Lipinski definition) is 4. The summed E-state index contributed by atoms with van der Waals surface area (Å²) < 4.78 is 0. The van der Waals surface area contributed by atoms with Crippen LogP contribution in [0.25, 0.3) is 0 Å². The van der Waals surface area contributed by atoms with Gasteiger partial charge >= 0.3 is 11.9 Å². The van der Waals surface area contributed by atoms with E-state index in [1.807, 2.05) is 6.07 Å². The SMILES string of the molecule is CNC(=O)CCCSc1c(Cl)ccc2c1CCNCC2.O=C(O)CCC(=O)O. The summed E-state index contributed by atoms with van der Waals surface area (Å²) in [7, 11) is 1.68. The van der Waals surface area contributed by atoms with E-state index in [1.54, 1.807) is 18.8 Å². The Morgan fingerprint density at radius 2 is 1.75 bits per heavy atom. The zero-order valence-corrected chi connectivity index (χ0v) is 17.5. The van der Waals surface area contributed by atoms with Crippen LogP contribution >= 0.6 is 23.4 Å². The van der Waals surface area contributed by atoms with E-state index in [4.69, 9.17) is 21.8 Å². The van der Waals surface area contributed by atoms with E-state index in [1.165, 1.54) is 16.0 Å². The lowest BCUT2D eigenvalue weighted by Crippen LogP contribution is -2.17. The molecular formula is C19H27ClN2O5S. The predicted octanol–water partition coefficient (Wildman–Crippen LogP) is 2.58. The molecule has 156 valence electrons. The van der Waals surface area contributed by atoms with Gasteiger partial charge in [-0.3, -0.25) is 14.4 Å². The topological polar surface area (TPSA) is 116 Å². The van der Waals surface area contributed by atoms with Crippen molar-refractivity contribution in [3.8, 4) is 0 Å². The monoisotopic (exact) mass is 430 g/mol. The molecule has 4 N–H and O–H groups in total. The van der Waals surface area contributed by atoms with Gasteiger partial charge in [-0.05, 0) is 55.3 Å². The first kappa shape index (κ1) is 24.3. The van der Waals surface area contributed by atoms with Gasteiger partial charge in [0.1, 0.15) is 0 Å². The number of carbonyl (C=O) groups excluding carboxylic acids is 1. The van der Waals surface area contributed by atoms with Crippen molar-refractivity contribution < 1.29 is 24.6 Å². The molecule has 0 spiro atoms. The first-order chi connectivity index (χ1) is 13.3. The lowest BCUT2D eigenvalue weighted by Gasteiger charge is -2.13. The molecule has 0 saturated carbocycles. The third-order valence-electron chi connectivity index (χ3n) is 4.06. The number of amides is 1. The van der Waals surface area contributed by atoms with E-state index in [9.17, 15) is 14.4 Å². The molecule has 1 aromatic rings. The lowest BCUT2D eigenvalue weighted by atomic mass is 10.0. The van der Waals surface area contributed by atoms with E-state index in [0.29, 0.717) is 6.42 Å². The van der Waals surface area contributed by atoms with E-state index in [0.717, 1.165) is 43.1 Å². The molecule has 9 heteroatoms. The summed E-state index contributed by atoms with van der Waals surface area (Å²) in [5.74, 6) is -1.12. The molecule has 1 aliphatic heterocycles. The second kappa shape index (κ2) is 13.4. The third kappa shape index (κ3) is 9.43. The number of thioether (sulfide) groups is 1. The van der Waals surface area contributed by atoms with Crippen LogP contribution in [0.1, 0.15) is 36.8 Å². The van der Waals surface area contributed by atoms with Gasteiger partial charge in [0.05, 0.1) is 17.9 Å². The number of rotatable bonds is 8. The van der Waals surface area contributed by atoms with Crippen LogP contribution in [0.3, 0.4) is 0 Å². The molecule has 1 aliphatic rings. The van der Waals surface area contributed by atoms with E-state index in [-0.39, 0.29) is 18.7 Å². The molecule has 0 radical (unpaired) electrons. The zero-order valence-electron chi connectivity index (χ0n) is 15.9. The Labute approximate surface area is 174 Å².